The summed E-state index contributed by atoms with van der Waals surface area (Å²) in [5, 5.41) is 10.5. The van der Waals surface area contributed by atoms with E-state index in [0.717, 1.165) is 79.1 Å². The van der Waals surface area contributed by atoms with Crippen LogP contribution in [-0.4, -0.2) is 16.5 Å². The van der Waals surface area contributed by atoms with Crippen LogP contribution in [0, 0.1) is 5.92 Å². The third kappa shape index (κ3) is 4.71. The summed E-state index contributed by atoms with van der Waals surface area (Å²) >= 11 is 0. The van der Waals surface area contributed by atoms with Gasteiger partial charge in [-0.15, -0.1) is 0 Å². The van der Waals surface area contributed by atoms with E-state index in [1.54, 1.807) is 0 Å². The highest BCUT2D eigenvalue weighted by Crippen LogP contribution is 2.39. The minimum Gasteiger partial charge on any atom is -0.456 e. The van der Waals surface area contributed by atoms with Crippen molar-refractivity contribution < 1.29 is 4.42 Å². The predicted molar refractivity (Wildman–Crippen MR) is 209 cm³/mol. The normalized spacial score (nSPS) is 17.0. The molecule has 50 heavy (non-hydrogen) atoms. The van der Waals surface area contributed by atoms with Gasteiger partial charge in [-0.2, -0.15) is 0 Å². The molecule has 238 valence electrons. The monoisotopic (exact) mass is 643 g/mol. The van der Waals surface area contributed by atoms with Gasteiger partial charge in [-0.3, -0.25) is 9.98 Å². The lowest BCUT2D eigenvalue weighted by molar-refractivity contribution is 0.446. The minimum atomic E-state index is -0.0744. The van der Waals surface area contributed by atoms with Crippen molar-refractivity contribution in [2.45, 2.75) is 25.8 Å². The Hall–Kier alpha value is -6.13. The highest BCUT2D eigenvalue weighted by Gasteiger charge is 2.25. The number of hydrogen-bond acceptors (Lipinski definition) is 4. The molecular weight excluding hydrogens is 611 g/mol. The third-order valence-electron chi connectivity index (χ3n) is 10.5. The largest absolute Gasteiger partial charge is 0.456 e. The number of hydrogen-bond donors (Lipinski definition) is 0. The van der Waals surface area contributed by atoms with Gasteiger partial charge in [0.15, 0.2) is 5.84 Å². The number of furan rings is 1. The highest BCUT2D eigenvalue weighted by molar-refractivity contribution is 6.21. The van der Waals surface area contributed by atoms with E-state index in [2.05, 4.69) is 128 Å². The summed E-state index contributed by atoms with van der Waals surface area (Å²) in [6, 6.07) is 49.5. The van der Waals surface area contributed by atoms with E-state index in [9.17, 15) is 0 Å². The van der Waals surface area contributed by atoms with Gasteiger partial charge in [0, 0.05) is 33.3 Å². The molecule has 4 nitrogen and oxygen atoms in total. The maximum absolute atomic E-state index is 6.27. The predicted octanol–water partition coefficient (Wildman–Crippen LogP) is 12.0. The number of rotatable bonds is 3. The average molecular weight is 644 g/mol. The average Bonchev–Trinajstić information content (AvgIpc) is 3.56. The lowest BCUT2D eigenvalue weighted by atomic mass is 9.87. The molecule has 0 aliphatic carbocycles. The first-order valence-electron chi connectivity index (χ1n) is 17.4. The van der Waals surface area contributed by atoms with Crippen LogP contribution in [0.3, 0.4) is 0 Å². The second-order valence-corrected chi connectivity index (χ2v) is 13.6. The number of benzene rings is 7. The van der Waals surface area contributed by atoms with Crippen LogP contribution in [-0.2, 0) is 0 Å². The van der Waals surface area contributed by atoms with Crippen molar-refractivity contribution >= 4 is 76.7 Å². The van der Waals surface area contributed by atoms with Crippen LogP contribution in [0.4, 0.5) is 0 Å². The summed E-state index contributed by atoms with van der Waals surface area (Å²) in [5.74, 6) is 1.05. The molecule has 9 aromatic rings. The SMILES string of the molecule is CC1CCC(c2ccccc2)=NC(c2ccc3ccc4ccc5cccnc5c4c3c2)=NC1c1ccc2ccc3oc4ccccc4c3c2c1. The van der Waals surface area contributed by atoms with Crippen molar-refractivity contribution in [1.29, 1.82) is 0 Å². The molecule has 1 aliphatic rings. The maximum atomic E-state index is 6.27. The fourth-order valence-electron chi connectivity index (χ4n) is 7.94. The quantitative estimate of drug-likeness (QED) is 0.180. The smallest absolute Gasteiger partial charge is 0.155 e. The Kier molecular flexibility index (Phi) is 6.63. The Morgan fingerprint density at radius 3 is 2.22 bits per heavy atom. The molecule has 0 amide bonds. The molecule has 0 saturated heterocycles. The van der Waals surface area contributed by atoms with E-state index in [-0.39, 0.29) is 12.0 Å². The first-order valence-corrected chi connectivity index (χ1v) is 17.4. The van der Waals surface area contributed by atoms with Gasteiger partial charge < -0.3 is 4.42 Å². The molecular formula is C46H33N3O. The van der Waals surface area contributed by atoms with Gasteiger partial charge in [0.1, 0.15) is 11.2 Å². The summed E-state index contributed by atoms with van der Waals surface area (Å²) < 4.78 is 6.27. The van der Waals surface area contributed by atoms with Crippen LogP contribution in [0.1, 0.15) is 42.5 Å². The number of aliphatic imine (C=N–C) groups is 2. The third-order valence-corrected chi connectivity index (χ3v) is 10.5. The van der Waals surface area contributed by atoms with Crippen LogP contribution in [0.5, 0.6) is 0 Å². The molecule has 0 radical (unpaired) electrons. The van der Waals surface area contributed by atoms with Crippen molar-refractivity contribution in [1.82, 2.24) is 4.98 Å². The van der Waals surface area contributed by atoms with E-state index in [4.69, 9.17) is 19.4 Å². The summed E-state index contributed by atoms with van der Waals surface area (Å²) in [5.41, 5.74) is 7.26. The molecule has 0 bridgehead atoms. The van der Waals surface area contributed by atoms with Crippen LogP contribution >= 0.6 is 0 Å². The summed E-state index contributed by atoms with van der Waals surface area (Å²) in [4.78, 5) is 15.9. The summed E-state index contributed by atoms with van der Waals surface area (Å²) in [6.07, 6.45) is 3.73. The van der Waals surface area contributed by atoms with Crippen LogP contribution in [0.15, 0.2) is 160 Å². The first kappa shape index (κ1) is 28.8. The zero-order valence-corrected chi connectivity index (χ0v) is 27.7. The maximum Gasteiger partial charge on any atom is 0.155 e. The molecule has 4 heteroatoms. The van der Waals surface area contributed by atoms with Crippen LogP contribution in [0.25, 0.3) is 65.2 Å². The zero-order chi connectivity index (χ0) is 33.2. The lowest BCUT2D eigenvalue weighted by Crippen LogP contribution is -2.18. The van der Waals surface area contributed by atoms with Crippen molar-refractivity contribution in [2.24, 2.45) is 15.9 Å². The van der Waals surface area contributed by atoms with Gasteiger partial charge >= 0.3 is 0 Å². The number of amidine groups is 1. The van der Waals surface area contributed by atoms with E-state index in [1.165, 1.54) is 27.1 Å². The van der Waals surface area contributed by atoms with E-state index in [1.807, 2.05) is 24.4 Å². The number of fused-ring (bicyclic) bond motifs is 10. The standard InChI is InChI=1S/C46H33N3O/c1-28-13-23-39(31-8-3-2-4-9-31)48-46(35-21-16-29-14-17-32-18-19-33-10-7-25-47-45(33)42(32)37(29)27-35)49-44(28)34-20-15-30-22-24-41-43(38(30)26-34)36-11-5-6-12-40(36)50-41/h2-12,14-22,24-28,44H,13,23H2,1H3. The van der Waals surface area contributed by atoms with E-state index in [0.29, 0.717) is 0 Å². The van der Waals surface area contributed by atoms with Gasteiger partial charge in [-0.1, -0.05) is 116 Å². The molecule has 2 aromatic heterocycles. The van der Waals surface area contributed by atoms with E-state index < -0.39 is 0 Å². The van der Waals surface area contributed by atoms with Gasteiger partial charge in [0.05, 0.1) is 17.3 Å². The minimum absolute atomic E-state index is 0.0744. The second kappa shape index (κ2) is 11.5. The van der Waals surface area contributed by atoms with Crippen molar-refractivity contribution in [3.8, 4) is 0 Å². The Morgan fingerprint density at radius 1 is 0.580 bits per heavy atom. The van der Waals surface area contributed by atoms with Gasteiger partial charge in [0.25, 0.3) is 0 Å². The Labute approximate surface area is 289 Å². The van der Waals surface area contributed by atoms with Crippen LogP contribution in [0.2, 0.25) is 0 Å². The van der Waals surface area contributed by atoms with Gasteiger partial charge in [0.2, 0.25) is 0 Å². The molecule has 1 aliphatic heterocycles. The molecule has 0 fully saturated rings. The fraction of sp³-hybridized carbons (Fsp3) is 0.109. The fourth-order valence-corrected chi connectivity index (χ4v) is 7.94. The second-order valence-electron chi connectivity index (χ2n) is 13.6. The van der Waals surface area contributed by atoms with Crippen molar-refractivity contribution in [2.75, 3.05) is 0 Å². The molecule has 0 N–H and O–H groups in total. The van der Waals surface area contributed by atoms with Crippen LogP contribution < -0.4 is 0 Å². The topological polar surface area (TPSA) is 50.8 Å². The molecule has 7 aromatic carbocycles. The van der Waals surface area contributed by atoms with Crippen molar-refractivity contribution in [3.63, 3.8) is 0 Å². The summed E-state index contributed by atoms with van der Waals surface area (Å²) in [6.45, 7) is 2.34. The Morgan fingerprint density at radius 2 is 1.32 bits per heavy atom. The molecule has 2 unspecified atom stereocenters. The molecule has 3 heterocycles. The number of para-hydroxylation sites is 1. The Balaban J connectivity index is 1.20. The Bertz CT molecular complexity index is 2840. The van der Waals surface area contributed by atoms with Gasteiger partial charge in [-0.25, -0.2) is 4.99 Å². The number of aromatic nitrogens is 1. The number of pyridine rings is 1. The van der Waals surface area contributed by atoms with Gasteiger partial charge in [-0.05, 0) is 87.1 Å². The lowest BCUT2D eigenvalue weighted by Gasteiger charge is -2.25. The summed E-state index contributed by atoms with van der Waals surface area (Å²) in [7, 11) is 0. The molecule has 2 atom stereocenters. The molecule has 10 rings (SSSR count). The zero-order valence-electron chi connectivity index (χ0n) is 27.7. The first-order chi connectivity index (χ1) is 24.7. The van der Waals surface area contributed by atoms with Crippen molar-refractivity contribution in [3.05, 3.63) is 162 Å². The van der Waals surface area contributed by atoms with E-state index >= 15 is 0 Å². The molecule has 0 saturated carbocycles. The highest BCUT2D eigenvalue weighted by atomic mass is 16.3. The number of nitrogens with zero attached hydrogens (tertiary/aromatic N) is 3. The molecule has 0 spiro atoms.